The van der Waals surface area contributed by atoms with Crippen molar-refractivity contribution in [1.82, 2.24) is 0 Å². The lowest BCUT2D eigenvalue weighted by atomic mass is 9.82. The first-order chi connectivity index (χ1) is 14.4. The molecule has 1 heterocycles. The zero-order valence-electron chi connectivity index (χ0n) is 16.2. The van der Waals surface area contributed by atoms with Crippen LogP contribution in [-0.4, -0.2) is 31.9 Å². The van der Waals surface area contributed by atoms with E-state index < -0.39 is 27.8 Å². The highest BCUT2D eigenvalue weighted by Gasteiger charge is 2.34. The van der Waals surface area contributed by atoms with Gasteiger partial charge in [0.2, 0.25) is 5.91 Å². The molecule has 1 aliphatic heterocycles. The molecule has 8 heteroatoms. The molecule has 1 aliphatic carbocycles. The van der Waals surface area contributed by atoms with Gasteiger partial charge in [-0.1, -0.05) is 30.4 Å². The number of benzene rings is 2. The Morgan fingerprint density at radius 2 is 1.63 bits per heavy atom. The minimum absolute atomic E-state index is 0.140. The molecule has 2 aromatic carbocycles. The van der Waals surface area contributed by atoms with Crippen molar-refractivity contribution in [2.24, 2.45) is 11.8 Å². The number of para-hydroxylation sites is 1. The van der Waals surface area contributed by atoms with Gasteiger partial charge in [0.05, 0.1) is 22.4 Å². The van der Waals surface area contributed by atoms with Crippen LogP contribution in [0.4, 0.5) is 11.4 Å². The molecular formula is C22H22N2O5S. The minimum Gasteiger partial charge on any atom is -0.481 e. The average molecular weight is 426 g/mol. The first-order valence-corrected chi connectivity index (χ1v) is 11.2. The Kier molecular flexibility index (Phi) is 5.34. The summed E-state index contributed by atoms with van der Waals surface area (Å²) in [6.07, 6.45) is 4.95. The maximum absolute atomic E-state index is 13.1. The molecule has 0 bridgehead atoms. The monoisotopic (exact) mass is 426 g/mol. The van der Waals surface area contributed by atoms with Crippen molar-refractivity contribution in [3.05, 3.63) is 66.2 Å². The lowest BCUT2D eigenvalue weighted by molar-refractivity contribution is -0.146. The standard InChI is InChI=1S/C22H22N2O5S/c25-21(18-6-2-3-7-19(18)22(26)27)23-16-9-11-17(12-10-16)30(28,29)24-14-13-15-5-1-4-8-20(15)24/h1-5,8-12,18-19H,6-7,13-14H2,(H,23,25)(H,26,27)/t18-,19+/m1/s1. The molecular weight excluding hydrogens is 404 g/mol. The number of nitrogens with zero attached hydrogens (tertiary/aromatic N) is 1. The van der Waals surface area contributed by atoms with E-state index in [1.54, 1.807) is 12.1 Å². The van der Waals surface area contributed by atoms with Crippen LogP contribution in [0.25, 0.3) is 0 Å². The fraction of sp³-hybridized carbons (Fsp3) is 0.273. The van der Waals surface area contributed by atoms with E-state index in [4.69, 9.17) is 0 Å². The zero-order chi connectivity index (χ0) is 21.3. The van der Waals surface area contributed by atoms with E-state index in [-0.39, 0.29) is 10.8 Å². The number of hydrogen-bond donors (Lipinski definition) is 2. The summed E-state index contributed by atoms with van der Waals surface area (Å²) in [5, 5.41) is 12.1. The molecule has 7 nitrogen and oxygen atoms in total. The number of carbonyl (C=O) groups is 2. The van der Waals surface area contributed by atoms with E-state index in [1.807, 2.05) is 24.3 Å². The fourth-order valence-electron chi connectivity index (χ4n) is 4.01. The second kappa shape index (κ2) is 7.95. The Bertz CT molecular complexity index is 1110. The fourth-order valence-corrected chi connectivity index (χ4v) is 5.51. The lowest BCUT2D eigenvalue weighted by Gasteiger charge is -2.24. The third-order valence-corrected chi connectivity index (χ3v) is 7.47. The number of rotatable bonds is 5. The summed E-state index contributed by atoms with van der Waals surface area (Å²) in [5.74, 6) is -2.79. The van der Waals surface area contributed by atoms with Crippen molar-refractivity contribution < 1.29 is 23.1 Å². The molecule has 30 heavy (non-hydrogen) atoms. The molecule has 0 aromatic heterocycles. The van der Waals surface area contributed by atoms with Gasteiger partial charge in [-0.15, -0.1) is 0 Å². The molecule has 1 amide bonds. The van der Waals surface area contributed by atoms with Gasteiger partial charge in [-0.05, 0) is 55.2 Å². The van der Waals surface area contributed by atoms with Gasteiger partial charge in [0.1, 0.15) is 0 Å². The van der Waals surface area contributed by atoms with Crippen molar-refractivity contribution >= 4 is 33.3 Å². The van der Waals surface area contributed by atoms with Gasteiger partial charge in [-0.2, -0.15) is 0 Å². The summed E-state index contributed by atoms with van der Waals surface area (Å²) in [6, 6.07) is 13.4. The number of anilines is 2. The average Bonchev–Trinajstić information content (AvgIpc) is 3.19. The predicted molar refractivity (Wildman–Crippen MR) is 113 cm³/mol. The highest BCUT2D eigenvalue weighted by atomic mass is 32.2. The topological polar surface area (TPSA) is 104 Å². The molecule has 0 radical (unpaired) electrons. The van der Waals surface area contributed by atoms with Gasteiger partial charge in [-0.3, -0.25) is 13.9 Å². The van der Waals surface area contributed by atoms with E-state index in [0.29, 0.717) is 37.2 Å². The molecule has 4 rings (SSSR count). The van der Waals surface area contributed by atoms with Crippen LogP contribution in [-0.2, 0) is 26.0 Å². The second-order valence-electron chi connectivity index (χ2n) is 7.46. The van der Waals surface area contributed by atoms with Crippen molar-refractivity contribution in [2.45, 2.75) is 24.2 Å². The Morgan fingerprint density at radius 1 is 0.967 bits per heavy atom. The van der Waals surface area contributed by atoms with Crippen LogP contribution in [0.1, 0.15) is 18.4 Å². The molecule has 0 unspecified atom stereocenters. The molecule has 2 aromatic rings. The first kappa shape index (κ1) is 20.2. The van der Waals surface area contributed by atoms with Crippen LogP contribution < -0.4 is 9.62 Å². The van der Waals surface area contributed by atoms with Gasteiger partial charge in [0.15, 0.2) is 0 Å². The molecule has 2 N–H and O–H groups in total. The summed E-state index contributed by atoms with van der Waals surface area (Å²) < 4.78 is 27.5. The number of hydrogen-bond acceptors (Lipinski definition) is 4. The number of carboxylic acids is 1. The first-order valence-electron chi connectivity index (χ1n) is 9.77. The van der Waals surface area contributed by atoms with Crippen LogP contribution in [0, 0.1) is 11.8 Å². The molecule has 0 spiro atoms. The van der Waals surface area contributed by atoms with Crippen LogP contribution in [0.5, 0.6) is 0 Å². The van der Waals surface area contributed by atoms with Crippen molar-refractivity contribution in [2.75, 3.05) is 16.2 Å². The summed E-state index contributed by atoms with van der Waals surface area (Å²) in [7, 11) is -3.70. The number of allylic oxidation sites excluding steroid dienone is 2. The highest BCUT2D eigenvalue weighted by Crippen LogP contribution is 2.33. The molecule has 0 saturated heterocycles. The Balaban J connectivity index is 1.50. The smallest absolute Gasteiger partial charge is 0.307 e. The molecule has 2 aliphatic rings. The van der Waals surface area contributed by atoms with Crippen LogP contribution in [0.3, 0.4) is 0 Å². The summed E-state index contributed by atoms with van der Waals surface area (Å²) in [6.45, 7) is 0.395. The second-order valence-corrected chi connectivity index (χ2v) is 9.33. The third kappa shape index (κ3) is 3.70. The lowest BCUT2D eigenvalue weighted by Crippen LogP contribution is -2.34. The number of carboxylic acid groups (broad SMARTS) is 1. The Morgan fingerprint density at radius 3 is 2.33 bits per heavy atom. The zero-order valence-corrected chi connectivity index (χ0v) is 17.0. The van der Waals surface area contributed by atoms with E-state index in [2.05, 4.69) is 5.32 Å². The SMILES string of the molecule is O=C(O)[C@H]1CC=CC[C@H]1C(=O)Nc1ccc(S(=O)(=O)N2CCc3ccccc32)cc1. The van der Waals surface area contributed by atoms with Gasteiger partial charge < -0.3 is 10.4 Å². The van der Waals surface area contributed by atoms with Crippen molar-refractivity contribution in [3.8, 4) is 0 Å². The van der Waals surface area contributed by atoms with Crippen molar-refractivity contribution in [1.29, 1.82) is 0 Å². The number of sulfonamides is 1. The van der Waals surface area contributed by atoms with Gasteiger partial charge >= 0.3 is 5.97 Å². The summed E-state index contributed by atoms with van der Waals surface area (Å²) >= 11 is 0. The Labute approximate surface area is 175 Å². The number of nitrogens with one attached hydrogen (secondary N) is 1. The maximum atomic E-state index is 13.1. The van der Waals surface area contributed by atoms with E-state index in [0.717, 1.165) is 5.56 Å². The normalized spacial score (nSPS) is 20.6. The van der Waals surface area contributed by atoms with Crippen molar-refractivity contribution in [3.63, 3.8) is 0 Å². The van der Waals surface area contributed by atoms with Gasteiger partial charge in [-0.25, -0.2) is 8.42 Å². The largest absolute Gasteiger partial charge is 0.481 e. The number of fused-ring (bicyclic) bond motifs is 1. The predicted octanol–water partition coefficient (Wildman–Crippen LogP) is 3.04. The minimum atomic E-state index is -3.70. The van der Waals surface area contributed by atoms with Crippen LogP contribution in [0.15, 0.2) is 65.6 Å². The maximum Gasteiger partial charge on any atom is 0.307 e. The highest BCUT2D eigenvalue weighted by molar-refractivity contribution is 7.92. The number of aliphatic carboxylic acids is 1. The summed E-state index contributed by atoms with van der Waals surface area (Å²) in [5.41, 5.74) is 2.12. The van der Waals surface area contributed by atoms with E-state index >= 15 is 0 Å². The molecule has 0 saturated carbocycles. The van der Waals surface area contributed by atoms with Gasteiger partial charge in [0.25, 0.3) is 10.0 Å². The van der Waals surface area contributed by atoms with Crippen LogP contribution >= 0.6 is 0 Å². The Hall–Kier alpha value is -3.13. The van der Waals surface area contributed by atoms with E-state index in [9.17, 15) is 23.1 Å². The quantitative estimate of drug-likeness (QED) is 0.715. The third-order valence-electron chi connectivity index (χ3n) is 5.64. The van der Waals surface area contributed by atoms with E-state index in [1.165, 1.54) is 28.6 Å². The molecule has 156 valence electrons. The number of carbonyl (C=O) groups excluding carboxylic acids is 1. The number of amides is 1. The van der Waals surface area contributed by atoms with Gasteiger partial charge in [0, 0.05) is 12.2 Å². The summed E-state index contributed by atoms with van der Waals surface area (Å²) in [4.78, 5) is 24.1. The van der Waals surface area contributed by atoms with Crippen LogP contribution in [0.2, 0.25) is 0 Å². The molecule has 0 fully saturated rings. The molecule has 2 atom stereocenters.